The maximum Gasteiger partial charge on any atom is 0.338 e. The van der Waals surface area contributed by atoms with Crippen molar-refractivity contribution in [2.75, 3.05) is 6.61 Å². The molecular weight excluding hydrogens is 334 g/mol. The van der Waals surface area contributed by atoms with Crippen molar-refractivity contribution in [1.82, 2.24) is 0 Å². The van der Waals surface area contributed by atoms with Gasteiger partial charge < -0.3 is 9.94 Å². The maximum atomic E-state index is 11.9. The number of aryl methyl sites for hydroxylation is 1. The largest absolute Gasteiger partial charge is 0.455 e. The Kier molecular flexibility index (Phi) is 5.11. The van der Waals surface area contributed by atoms with Gasteiger partial charge in [0.2, 0.25) is 0 Å². The van der Waals surface area contributed by atoms with Crippen molar-refractivity contribution in [1.29, 1.82) is 0 Å². The molecule has 0 unspecified atom stereocenters. The third-order valence-corrected chi connectivity index (χ3v) is 3.45. The summed E-state index contributed by atoms with van der Waals surface area (Å²) in [7, 11) is 0. The number of rotatable bonds is 4. The fourth-order valence-corrected chi connectivity index (χ4v) is 1.98. The first-order chi connectivity index (χ1) is 10.1. The minimum Gasteiger partial charge on any atom is -0.455 e. The number of esters is 1. The van der Waals surface area contributed by atoms with Crippen molar-refractivity contribution in [2.24, 2.45) is 5.16 Å². The van der Waals surface area contributed by atoms with E-state index in [1.807, 2.05) is 31.2 Å². The molecule has 0 heterocycles. The van der Waals surface area contributed by atoms with Crippen LogP contribution in [0.25, 0.3) is 0 Å². The summed E-state index contributed by atoms with van der Waals surface area (Å²) in [5.41, 5.74) is 2.52. The van der Waals surface area contributed by atoms with Crippen LogP contribution in [-0.2, 0) is 4.74 Å². The zero-order valence-electron chi connectivity index (χ0n) is 11.4. The molecule has 2 rings (SSSR count). The van der Waals surface area contributed by atoms with Crippen LogP contribution in [0.1, 0.15) is 21.5 Å². The molecule has 0 saturated heterocycles. The highest BCUT2D eigenvalue weighted by atomic mass is 79.9. The van der Waals surface area contributed by atoms with Crippen LogP contribution in [0.4, 0.5) is 0 Å². The lowest BCUT2D eigenvalue weighted by molar-refractivity contribution is 0.0562. The van der Waals surface area contributed by atoms with E-state index in [4.69, 9.17) is 9.94 Å². The van der Waals surface area contributed by atoms with E-state index in [1.165, 1.54) is 0 Å². The zero-order valence-corrected chi connectivity index (χ0v) is 13.0. The molecule has 0 aliphatic carbocycles. The number of benzene rings is 2. The predicted octanol–water partition coefficient (Wildman–Crippen LogP) is 3.79. The van der Waals surface area contributed by atoms with Crippen LogP contribution in [0.15, 0.2) is 58.2 Å². The van der Waals surface area contributed by atoms with Gasteiger partial charge in [0.25, 0.3) is 0 Å². The third kappa shape index (κ3) is 4.16. The van der Waals surface area contributed by atoms with Gasteiger partial charge in [0.05, 0.1) is 5.56 Å². The molecule has 2 aromatic rings. The van der Waals surface area contributed by atoms with Crippen LogP contribution in [0.2, 0.25) is 0 Å². The molecule has 0 spiro atoms. The van der Waals surface area contributed by atoms with Crippen LogP contribution in [0.3, 0.4) is 0 Å². The van der Waals surface area contributed by atoms with Crippen LogP contribution >= 0.6 is 15.9 Å². The molecule has 4 nitrogen and oxygen atoms in total. The Morgan fingerprint density at radius 2 is 1.67 bits per heavy atom. The molecule has 2 aromatic carbocycles. The molecule has 5 heteroatoms. The van der Waals surface area contributed by atoms with Gasteiger partial charge in [-0.1, -0.05) is 50.9 Å². The summed E-state index contributed by atoms with van der Waals surface area (Å²) in [6, 6.07) is 14.3. The van der Waals surface area contributed by atoms with E-state index in [9.17, 15) is 4.79 Å². The van der Waals surface area contributed by atoms with Crippen LogP contribution in [0.5, 0.6) is 0 Å². The quantitative estimate of drug-likeness (QED) is 0.396. The molecule has 21 heavy (non-hydrogen) atoms. The molecule has 0 aliphatic heterocycles. The number of oxime groups is 1. The summed E-state index contributed by atoms with van der Waals surface area (Å²) in [6.07, 6.45) is 0. The Balaban J connectivity index is 2.02. The van der Waals surface area contributed by atoms with Gasteiger partial charge >= 0.3 is 5.97 Å². The first-order valence-corrected chi connectivity index (χ1v) is 7.10. The Bertz CT molecular complexity index is 648. The van der Waals surface area contributed by atoms with Crippen molar-refractivity contribution in [3.8, 4) is 0 Å². The van der Waals surface area contributed by atoms with E-state index in [2.05, 4.69) is 21.1 Å². The van der Waals surface area contributed by atoms with Crippen molar-refractivity contribution in [3.05, 3.63) is 69.7 Å². The first kappa shape index (κ1) is 15.3. The number of hydrogen-bond donors (Lipinski definition) is 1. The normalized spacial score (nSPS) is 11.2. The summed E-state index contributed by atoms with van der Waals surface area (Å²) in [4.78, 5) is 11.9. The van der Waals surface area contributed by atoms with Gasteiger partial charge in [0.15, 0.2) is 0 Å². The maximum absolute atomic E-state index is 11.9. The third-order valence-electron chi connectivity index (χ3n) is 2.93. The number of nitrogens with zero attached hydrogens (tertiary/aromatic N) is 1. The predicted molar refractivity (Wildman–Crippen MR) is 83.9 cm³/mol. The van der Waals surface area contributed by atoms with Crippen molar-refractivity contribution < 1.29 is 14.7 Å². The Morgan fingerprint density at radius 3 is 2.24 bits per heavy atom. The Labute approximate surface area is 131 Å². The highest BCUT2D eigenvalue weighted by Gasteiger charge is 2.11. The molecule has 108 valence electrons. The molecule has 0 aromatic heterocycles. The molecular formula is C16H14BrNO3. The second kappa shape index (κ2) is 7.04. The minimum atomic E-state index is -0.451. The fourth-order valence-electron chi connectivity index (χ4n) is 1.72. The first-order valence-electron chi connectivity index (χ1n) is 6.31. The van der Waals surface area contributed by atoms with Crippen LogP contribution < -0.4 is 0 Å². The summed E-state index contributed by atoms with van der Waals surface area (Å²) in [5, 5.41) is 12.2. The summed E-state index contributed by atoms with van der Waals surface area (Å²) in [5.74, 6) is -0.451. The summed E-state index contributed by atoms with van der Waals surface area (Å²) in [6.45, 7) is 1.85. The smallest absolute Gasteiger partial charge is 0.338 e. The van der Waals surface area contributed by atoms with E-state index in [-0.39, 0.29) is 6.61 Å². The molecule has 0 radical (unpaired) electrons. The highest BCUT2D eigenvalue weighted by Crippen LogP contribution is 2.12. The number of ether oxygens (including phenoxy) is 1. The molecule has 0 bridgehead atoms. The van der Waals surface area contributed by atoms with Gasteiger partial charge in [-0.05, 0) is 31.2 Å². The molecule has 0 fully saturated rings. The number of carbonyl (C=O) groups excluding carboxylic acids is 1. The second-order valence-electron chi connectivity index (χ2n) is 4.50. The molecule has 0 saturated carbocycles. The van der Waals surface area contributed by atoms with E-state index in [1.54, 1.807) is 24.3 Å². The monoisotopic (exact) mass is 347 g/mol. The van der Waals surface area contributed by atoms with Crippen molar-refractivity contribution in [3.63, 3.8) is 0 Å². The lowest BCUT2D eigenvalue weighted by Crippen LogP contribution is -2.15. The second-order valence-corrected chi connectivity index (χ2v) is 5.41. The van der Waals surface area contributed by atoms with E-state index >= 15 is 0 Å². The van der Waals surface area contributed by atoms with E-state index in [0.29, 0.717) is 16.8 Å². The SMILES string of the molecule is Cc1ccc(C(=O)OC/C(=N/O)c2ccc(Br)cc2)cc1. The zero-order chi connectivity index (χ0) is 15.2. The van der Waals surface area contributed by atoms with Gasteiger partial charge in [-0.2, -0.15) is 0 Å². The average molecular weight is 348 g/mol. The summed E-state index contributed by atoms with van der Waals surface area (Å²) < 4.78 is 6.08. The van der Waals surface area contributed by atoms with Gasteiger partial charge in [-0.25, -0.2) is 4.79 Å². The van der Waals surface area contributed by atoms with Gasteiger partial charge in [-0.15, -0.1) is 0 Å². The lowest BCUT2D eigenvalue weighted by Gasteiger charge is -2.07. The molecule has 1 N–H and O–H groups in total. The average Bonchev–Trinajstić information content (AvgIpc) is 2.50. The molecule has 0 aliphatic rings. The Hall–Kier alpha value is -2.14. The Morgan fingerprint density at radius 1 is 1.10 bits per heavy atom. The fraction of sp³-hybridized carbons (Fsp3) is 0.125. The summed E-state index contributed by atoms with van der Waals surface area (Å²) >= 11 is 3.33. The van der Waals surface area contributed by atoms with Crippen molar-refractivity contribution in [2.45, 2.75) is 6.92 Å². The van der Waals surface area contributed by atoms with Crippen molar-refractivity contribution >= 4 is 27.6 Å². The molecule has 0 atom stereocenters. The van der Waals surface area contributed by atoms with E-state index < -0.39 is 5.97 Å². The number of carbonyl (C=O) groups is 1. The van der Waals surface area contributed by atoms with E-state index in [0.717, 1.165) is 10.0 Å². The number of halogens is 1. The lowest BCUT2D eigenvalue weighted by atomic mass is 10.1. The minimum absolute atomic E-state index is 0.0924. The highest BCUT2D eigenvalue weighted by molar-refractivity contribution is 9.10. The topological polar surface area (TPSA) is 58.9 Å². The van der Waals surface area contributed by atoms with Gasteiger partial charge in [-0.3, -0.25) is 0 Å². The van der Waals surface area contributed by atoms with Gasteiger partial charge in [0.1, 0.15) is 12.3 Å². The van der Waals surface area contributed by atoms with Gasteiger partial charge in [0, 0.05) is 10.0 Å². The van der Waals surface area contributed by atoms with Crippen LogP contribution in [0, 0.1) is 6.92 Å². The molecule has 0 amide bonds. The standard InChI is InChI=1S/C16H14BrNO3/c1-11-2-4-13(5-3-11)16(19)21-10-15(18-20)12-6-8-14(17)9-7-12/h2-9,20H,10H2,1H3/b18-15-. The number of hydrogen-bond acceptors (Lipinski definition) is 4. The van der Waals surface area contributed by atoms with Crippen LogP contribution in [-0.4, -0.2) is 23.5 Å².